The highest BCUT2D eigenvalue weighted by atomic mass is 35.5. The van der Waals surface area contributed by atoms with Crippen LogP contribution in [0.2, 0.25) is 0 Å². The van der Waals surface area contributed by atoms with Crippen molar-refractivity contribution in [2.24, 2.45) is 7.05 Å². The summed E-state index contributed by atoms with van der Waals surface area (Å²) in [4.78, 5) is 31.1. The van der Waals surface area contributed by atoms with Crippen molar-refractivity contribution in [1.29, 1.82) is 0 Å². The number of rotatable bonds is 5. The molecule has 8 heteroatoms. The molecule has 1 aliphatic heterocycles. The molecular weight excluding hydrogens is 378 g/mol. The van der Waals surface area contributed by atoms with E-state index in [1.807, 2.05) is 53.9 Å². The van der Waals surface area contributed by atoms with Gasteiger partial charge in [0.1, 0.15) is 11.9 Å². The number of carbonyl (C=O) groups excluding carboxylic acids is 2. The minimum atomic E-state index is -0.340. The summed E-state index contributed by atoms with van der Waals surface area (Å²) in [5.74, 6) is 0.736. The number of halogens is 1. The number of benzene rings is 1. The van der Waals surface area contributed by atoms with Crippen molar-refractivity contribution < 1.29 is 9.59 Å². The Morgan fingerprint density at radius 3 is 2.64 bits per heavy atom. The Kier molecular flexibility index (Phi) is 7.60. The van der Waals surface area contributed by atoms with Crippen molar-refractivity contribution in [3.8, 4) is 0 Å². The quantitative estimate of drug-likeness (QED) is 0.796. The lowest BCUT2D eigenvalue weighted by atomic mass is 10.0. The van der Waals surface area contributed by atoms with E-state index >= 15 is 0 Å². The number of carbonyl (C=O) groups is 2. The minimum Gasteiger partial charge on any atom is -0.349 e. The fourth-order valence-corrected chi connectivity index (χ4v) is 3.52. The number of hydrogen-bond acceptors (Lipinski definition) is 4. The largest absolute Gasteiger partial charge is 0.349 e. The molecule has 2 unspecified atom stereocenters. The van der Waals surface area contributed by atoms with E-state index in [9.17, 15) is 9.59 Å². The van der Waals surface area contributed by atoms with Gasteiger partial charge in [0.15, 0.2) is 0 Å². The molecule has 7 nitrogen and oxygen atoms in total. The minimum absolute atomic E-state index is 0. The number of imidazole rings is 1. The van der Waals surface area contributed by atoms with Crippen LogP contribution in [-0.4, -0.2) is 45.9 Å². The van der Waals surface area contributed by atoms with E-state index in [0.717, 1.165) is 23.5 Å². The predicted octanol–water partition coefficient (Wildman–Crippen LogP) is 1.89. The molecule has 1 fully saturated rings. The monoisotopic (exact) mass is 405 g/mol. The maximum absolute atomic E-state index is 13.2. The molecule has 1 saturated heterocycles. The summed E-state index contributed by atoms with van der Waals surface area (Å²) in [5, 5.41) is 6.27. The summed E-state index contributed by atoms with van der Waals surface area (Å²) in [6, 6.07) is 7.48. The first-order valence-corrected chi connectivity index (χ1v) is 9.26. The van der Waals surface area contributed by atoms with E-state index in [-0.39, 0.29) is 42.7 Å². The Morgan fingerprint density at radius 2 is 2.04 bits per heavy atom. The lowest BCUT2D eigenvalue weighted by Crippen LogP contribution is -2.50. The van der Waals surface area contributed by atoms with Crippen LogP contribution in [0.25, 0.3) is 0 Å². The van der Waals surface area contributed by atoms with Gasteiger partial charge < -0.3 is 20.1 Å². The van der Waals surface area contributed by atoms with Crippen LogP contribution in [0.15, 0.2) is 36.7 Å². The molecule has 1 aliphatic rings. The first kappa shape index (κ1) is 21.9. The second kappa shape index (κ2) is 9.71. The molecule has 0 bridgehead atoms. The maximum atomic E-state index is 13.2. The normalized spacial score (nSPS) is 17.5. The zero-order chi connectivity index (χ0) is 19.4. The van der Waals surface area contributed by atoms with Crippen molar-refractivity contribution in [1.82, 2.24) is 25.1 Å². The van der Waals surface area contributed by atoms with Crippen LogP contribution in [0.4, 0.5) is 0 Å². The Hall–Kier alpha value is -2.38. The highest BCUT2D eigenvalue weighted by molar-refractivity contribution is 5.85. The van der Waals surface area contributed by atoms with Crippen molar-refractivity contribution in [3.63, 3.8) is 0 Å². The summed E-state index contributed by atoms with van der Waals surface area (Å²) in [5.41, 5.74) is 2.08. The van der Waals surface area contributed by atoms with E-state index in [2.05, 4.69) is 15.6 Å². The highest BCUT2D eigenvalue weighted by Crippen LogP contribution is 2.25. The summed E-state index contributed by atoms with van der Waals surface area (Å²) in [7, 11) is 1.94. The molecule has 1 aromatic heterocycles. The van der Waals surface area contributed by atoms with Crippen molar-refractivity contribution >= 4 is 24.2 Å². The Balaban J connectivity index is 0.00000280. The van der Waals surface area contributed by atoms with Gasteiger partial charge in [0.2, 0.25) is 11.8 Å². The molecule has 0 radical (unpaired) electrons. The molecule has 0 aliphatic carbocycles. The van der Waals surface area contributed by atoms with Gasteiger partial charge >= 0.3 is 0 Å². The number of hydrogen-bond donors (Lipinski definition) is 2. The molecule has 2 heterocycles. The lowest BCUT2D eigenvalue weighted by molar-refractivity contribution is -0.135. The smallest absolute Gasteiger partial charge is 0.225 e. The van der Waals surface area contributed by atoms with Gasteiger partial charge in [-0.05, 0) is 12.5 Å². The Bertz CT molecular complexity index is 805. The van der Waals surface area contributed by atoms with Gasteiger partial charge in [-0.15, -0.1) is 12.4 Å². The number of aromatic nitrogens is 2. The molecule has 1 aromatic carbocycles. The summed E-state index contributed by atoms with van der Waals surface area (Å²) < 4.78 is 1.95. The predicted molar refractivity (Wildman–Crippen MR) is 110 cm³/mol. The van der Waals surface area contributed by atoms with Crippen molar-refractivity contribution in [2.45, 2.75) is 32.4 Å². The Labute approximate surface area is 171 Å². The van der Waals surface area contributed by atoms with Gasteiger partial charge in [-0.1, -0.05) is 29.8 Å². The lowest BCUT2D eigenvalue weighted by Gasteiger charge is -2.36. The fourth-order valence-electron chi connectivity index (χ4n) is 3.52. The molecule has 0 saturated carbocycles. The number of aryl methyl sites for hydroxylation is 2. The van der Waals surface area contributed by atoms with Crippen LogP contribution in [0.1, 0.15) is 42.4 Å². The SMILES string of the molecule is CC(=O)NC(CC(=O)N1CCNCC1c1nccn1C)c1ccc(C)cc1.Cl. The average Bonchev–Trinajstić information content (AvgIpc) is 3.07. The van der Waals surface area contributed by atoms with Crippen LogP contribution in [0.3, 0.4) is 0 Å². The van der Waals surface area contributed by atoms with Crippen molar-refractivity contribution in [2.75, 3.05) is 19.6 Å². The number of nitrogens with zero attached hydrogens (tertiary/aromatic N) is 3. The molecule has 152 valence electrons. The average molecular weight is 406 g/mol. The maximum Gasteiger partial charge on any atom is 0.225 e. The third kappa shape index (κ3) is 5.11. The van der Waals surface area contributed by atoms with Crippen LogP contribution >= 0.6 is 12.4 Å². The van der Waals surface area contributed by atoms with Gasteiger partial charge in [-0.2, -0.15) is 0 Å². The van der Waals surface area contributed by atoms with Crippen LogP contribution in [0.5, 0.6) is 0 Å². The molecule has 2 aromatic rings. The molecule has 2 amide bonds. The van der Waals surface area contributed by atoms with E-state index in [4.69, 9.17) is 0 Å². The van der Waals surface area contributed by atoms with E-state index in [0.29, 0.717) is 13.1 Å². The zero-order valence-electron chi connectivity index (χ0n) is 16.5. The van der Waals surface area contributed by atoms with Gasteiger partial charge in [0.25, 0.3) is 0 Å². The molecular formula is C20H28ClN5O2. The summed E-state index contributed by atoms with van der Waals surface area (Å²) in [6.45, 7) is 5.54. The van der Waals surface area contributed by atoms with E-state index in [1.54, 1.807) is 6.20 Å². The van der Waals surface area contributed by atoms with E-state index < -0.39 is 0 Å². The number of nitrogens with one attached hydrogen (secondary N) is 2. The van der Waals surface area contributed by atoms with Crippen molar-refractivity contribution in [3.05, 3.63) is 53.6 Å². The third-order valence-corrected chi connectivity index (χ3v) is 4.96. The summed E-state index contributed by atoms with van der Waals surface area (Å²) in [6.07, 6.45) is 3.86. The first-order valence-electron chi connectivity index (χ1n) is 9.26. The molecule has 28 heavy (non-hydrogen) atoms. The standard InChI is InChI=1S/C20H27N5O2.ClH/c1-14-4-6-16(7-5-14)17(23-15(2)26)12-19(27)25-11-8-21-13-18(25)20-22-9-10-24(20)3;/h4-7,9-10,17-18,21H,8,11-13H2,1-3H3,(H,23,26);1H. The van der Waals surface area contributed by atoms with Gasteiger partial charge in [-0.25, -0.2) is 4.98 Å². The topological polar surface area (TPSA) is 79.3 Å². The molecule has 0 spiro atoms. The molecule has 3 rings (SSSR count). The van der Waals surface area contributed by atoms with Crippen LogP contribution in [0, 0.1) is 6.92 Å². The second-order valence-electron chi connectivity index (χ2n) is 7.07. The molecule has 2 N–H and O–H groups in total. The zero-order valence-corrected chi connectivity index (χ0v) is 17.3. The number of amides is 2. The highest BCUT2D eigenvalue weighted by Gasteiger charge is 2.31. The van der Waals surface area contributed by atoms with Gasteiger partial charge in [0, 0.05) is 46.0 Å². The van der Waals surface area contributed by atoms with Crippen LogP contribution < -0.4 is 10.6 Å². The summed E-state index contributed by atoms with van der Waals surface area (Å²) >= 11 is 0. The Morgan fingerprint density at radius 1 is 1.32 bits per heavy atom. The van der Waals surface area contributed by atoms with Gasteiger partial charge in [-0.3, -0.25) is 9.59 Å². The van der Waals surface area contributed by atoms with Crippen LogP contribution in [-0.2, 0) is 16.6 Å². The molecule has 2 atom stereocenters. The third-order valence-electron chi connectivity index (χ3n) is 4.96. The second-order valence-corrected chi connectivity index (χ2v) is 7.07. The fraction of sp³-hybridized carbons (Fsp3) is 0.450. The van der Waals surface area contributed by atoms with Gasteiger partial charge in [0.05, 0.1) is 12.5 Å². The number of piperazine rings is 1. The first-order chi connectivity index (χ1) is 13.0. The van der Waals surface area contributed by atoms with E-state index in [1.165, 1.54) is 6.92 Å².